The number of nitrogens with zero attached hydrogens (tertiary/aromatic N) is 1. The fourth-order valence-corrected chi connectivity index (χ4v) is 2.98. The minimum absolute atomic E-state index is 0.0169. The van der Waals surface area contributed by atoms with Gasteiger partial charge >= 0.3 is 5.97 Å². The molecule has 0 radical (unpaired) electrons. The predicted molar refractivity (Wildman–Crippen MR) is 74.4 cm³/mol. The molecule has 3 rings (SSSR count). The number of hydrogen-bond acceptors (Lipinski definition) is 3. The van der Waals surface area contributed by atoms with Gasteiger partial charge in [0.05, 0.1) is 12.5 Å². The molecule has 1 aliphatic rings. The fraction of sp³-hybridized carbons (Fsp3) is 0.312. The van der Waals surface area contributed by atoms with Crippen LogP contribution in [0, 0.1) is 0 Å². The summed E-state index contributed by atoms with van der Waals surface area (Å²) in [5, 5.41) is 9.64. The van der Waals surface area contributed by atoms with Crippen LogP contribution in [0.25, 0.3) is 0 Å². The molecule has 0 saturated carbocycles. The Morgan fingerprint density at radius 2 is 2.20 bits per heavy atom. The lowest BCUT2D eigenvalue weighted by molar-refractivity contribution is -0.145. The van der Waals surface area contributed by atoms with Gasteiger partial charge in [0.15, 0.2) is 0 Å². The van der Waals surface area contributed by atoms with E-state index in [4.69, 9.17) is 4.42 Å². The maximum absolute atomic E-state index is 11.7. The number of hydrogen-bond donors (Lipinski definition) is 1. The summed E-state index contributed by atoms with van der Waals surface area (Å²) in [5.74, 6) is -0.799. The molecule has 0 amide bonds. The highest BCUT2D eigenvalue weighted by Crippen LogP contribution is 2.36. The van der Waals surface area contributed by atoms with E-state index in [0.29, 0.717) is 0 Å². The van der Waals surface area contributed by atoms with Crippen LogP contribution in [0.15, 0.2) is 47.3 Å². The second kappa shape index (κ2) is 5.13. The molecular weight excluding hydrogens is 254 g/mol. The molecule has 1 aliphatic heterocycles. The van der Waals surface area contributed by atoms with E-state index in [-0.39, 0.29) is 6.04 Å². The van der Waals surface area contributed by atoms with Gasteiger partial charge in [-0.05, 0) is 30.5 Å². The zero-order chi connectivity index (χ0) is 14.1. The third kappa shape index (κ3) is 2.12. The number of fused-ring (bicyclic) bond motifs is 1. The Balaban J connectivity index is 1.98. The van der Waals surface area contributed by atoms with Gasteiger partial charge in [0, 0.05) is 18.2 Å². The normalized spacial score (nSPS) is 20.4. The molecule has 1 aromatic carbocycles. The summed E-state index contributed by atoms with van der Waals surface area (Å²) in [7, 11) is 0. The maximum Gasteiger partial charge on any atom is 0.325 e. The largest absolute Gasteiger partial charge is 0.480 e. The first-order valence-corrected chi connectivity index (χ1v) is 6.77. The van der Waals surface area contributed by atoms with Crippen LogP contribution in [0.4, 0.5) is 0 Å². The van der Waals surface area contributed by atoms with Crippen molar-refractivity contribution in [3.05, 3.63) is 59.5 Å². The van der Waals surface area contributed by atoms with Crippen molar-refractivity contribution in [1.29, 1.82) is 0 Å². The Bertz CT molecular complexity index is 606. The van der Waals surface area contributed by atoms with Crippen LogP contribution in [-0.4, -0.2) is 22.5 Å². The zero-order valence-corrected chi connectivity index (χ0v) is 11.3. The van der Waals surface area contributed by atoms with Crippen molar-refractivity contribution >= 4 is 5.97 Å². The SMILES string of the molecule is CC(c1ccoc1)N1CCc2ccccc2C1C(=O)O. The first-order valence-electron chi connectivity index (χ1n) is 6.77. The minimum Gasteiger partial charge on any atom is -0.480 e. The van der Waals surface area contributed by atoms with Gasteiger partial charge in [0.25, 0.3) is 0 Å². The van der Waals surface area contributed by atoms with Crippen LogP contribution in [0.5, 0.6) is 0 Å². The summed E-state index contributed by atoms with van der Waals surface area (Å²) in [5.41, 5.74) is 3.05. The summed E-state index contributed by atoms with van der Waals surface area (Å²) in [6.45, 7) is 2.76. The van der Waals surface area contributed by atoms with Gasteiger partial charge in [0.2, 0.25) is 0 Å². The number of rotatable bonds is 3. The Labute approximate surface area is 117 Å². The lowest BCUT2D eigenvalue weighted by Gasteiger charge is -2.38. The van der Waals surface area contributed by atoms with E-state index in [1.54, 1.807) is 12.5 Å². The van der Waals surface area contributed by atoms with Gasteiger partial charge in [-0.2, -0.15) is 0 Å². The average molecular weight is 271 g/mol. The number of aliphatic carboxylic acids is 1. The molecule has 2 heterocycles. The number of furan rings is 1. The molecule has 0 aliphatic carbocycles. The Morgan fingerprint density at radius 3 is 2.90 bits per heavy atom. The monoisotopic (exact) mass is 271 g/mol. The van der Waals surface area contributed by atoms with Crippen LogP contribution in [0.3, 0.4) is 0 Å². The van der Waals surface area contributed by atoms with E-state index in [2.05, 4.69) is 0 Å². The number of carbonyl (C=O) groups is 1. The molecular formula is C16H17NO3. The Morgan fingerprint density at radius 1 is 1.40 bits per heavy atom. The van der Waals surface area contributed by atoms with Crippen molar-refractivity contribution in [2.45, 2.75) is 25.4 Å². The summed E-state index contributed by atoms with van der Waals surface area (Å²) >= 11 is 0. The molecule has 0 fully saturated rings. The van der Waals surface area contributed by atoms with E-state index < -0.39 is 12.0 Å². The standard InChI is InChI=1S/C16H17NO3/c1-11(13-7-9-20-10-13)17-8-6-12-4-2-3-5-14(12)15(17)16(18)19/h2-5,7,9-11,15H,6,8H2,1H3,(H,18,19). The molecule has 20 heavy (non-hydrogen) atoms. The Hall–Kier alpha value is -2.07. The lowest BCUT2D eigenvalue weighted by atomic mass is 9.90. The summed E-state index contributed by atoms with van der Waals surface area (Å²) in [6.07, 6.45) is 4.19. The van der Waals surface area contributed by atoms with Crippen molar-refractivity contribution in [3.8, 4) is 0 Å². The van der Waals surface area contributed by atoms with Crippen LogP contribution < -0.4 is 0 Å². The molecule has 1 N–H and O–H groups in total. The topological polar surface area (TPSA) is 53.7 Å². The van der Waals surface area contributed by atoms with Crippen LogP contribution in [0.1, 0.15) is 35.7 Å². The number of carboxylic acid groups (broad SMARTS) is 1. The predicted octanol–water partition coefficient (Wildman–Crippen LogP) is 3.02. The van der Waals surface area contributed by atoms with Crippen LogP contribution in [0.2, 0.25) is 0 Å². The first kappa shape index (κ1) is 12.9. The molecule has 4 heteroatoms. The zero-order valence-electron chi connectivity index (χ0n) is 11.3. The summed E-state index contributed by atoms with van der Waals surface area (Å²) < 4.78 is 5.12. The molecule has 104 valence electrons. The second-order valence-electron chi connectivity index (χ2n) is 5.16. The van der Waals surface area contributed by atoms with Gasteiger partial charge in [-0.15, -0.1) is 0 Å². The van der Waals surface area contributed by atoms with Crippen molar-refractivity contribution < 1.29 is 14.3 Å². The highest BCUT2D eigenvalue weighted by molar-refractivity contribution is 5.76. The number of benzene rings is 1. The average Bonchev–Trinajstić information content (AvgIpc) is 2.99. The molecule has 1 aromatic heterocycles. The first-order chi connectivity index (χ1) is 9.68. The van der Waals surface area contributed by atoms with Gasteiger partial charge in [0.1, 0.15) is 6.04 Å². The molecule has 0 bridgehead atoms. The molecule has 2 atom stereocenters. The van der Waals surface area contributed by atoms with Crippen LogP contribution in [-0.2, 0) is 11.2 Å². The van der Waals surface area contributed by atoms with Crippen molar-refractivity contribution in [2.75, 3.05) is 6.54 Å². The van der Waals surface area contributed by atoms with Crippen molar-refractivity contribution in [3.63, 3.8) is 0 Å². The minimum atomic E-state index is -0.799. The number of carboxylic acids is 1. The molecule has 4 nitrogen and oxygen atoms in total. The molecule has 2 aromatic rings. The lowest BCUT2D eigenvalue weighted by Crippen LogP contribution is -2.41. The molecule has 2 unspecified atom stereocenters. The Kier molecular flexibility index (Phi) is 3.32. The van der Waals surface area contributed by atoms with E-state index in [0.717, 1.165) is 29.7 Å². The van der Waals surface area contributed by atoms with Crippen LogP contribution >= 0.6 is 0 Å². The van der Waals surface area contributed by atoms with Gasteiger partial charge in [-0.3, -0.25) is 9.69 Å². The highest BCUT2D eigenvalue weighted by atomic mass is 16.4. The fourth-order valence-electron chi connectivity index (χ4n) is 2.98. The van der Waals surface area contributed by atoms with E-state index in [1.165, 1.54) is 0 Å². The van der Waals surface area contributed by atoms with E-state index in [9.17, 15) is 9.90 Å². The quantitative estimate of drug-likeness (QED) is 0.932. The van der Waals surface area contributed by atoms with E-state index >= 15 is 0 Å². The second-order valence-corrected chi connectivity index (χ2v) is 5.16. The van der Waals surface area contributed by atoms with Gasteiger partial charge in [-0.1, -0.05) is 24.3 Å². The molecule has 0 spiro atoms. The third-order valence-corrected chi connectivity index (χ3v) is 4.08. The van der Waals surface area contributed by atoms with Gasteiger partial charge < -0.3 is 9.52 Å². The van der Waals surface area contributed by atoms with Crippen molar-refractivity contribution in [1.82, 2.24) is 4.90 Å². The van der Waals surface area contributed by atoms with Gasteiger partial charge in [-0.25, -0.2) is 0 Å². The summed E-state index contributed by atoms with van der Waals surface area (Å²) in [6, 6.07) is 9.12. The maximum atomic E-state index is 11.7. The molecule has 0 saturated heterocycles. The third-order valence-electron chi connectivity index (χ3n) is 4.08. The van der Waals surface area contributed by atoms with Crippen molar-refractivity contribution in [2.24, 2.45) is 0 Å². The highest BCUT2D eigenvalue weighted by Gasteiger charge is 2.35. The summed E-state index contributed by atoms with van der Waals surface area (Å²) in [4.78, 5) is 13.8. The smallest absolute Gasteiger partial charge is 0.325 e. The van der Waals surface area contributed by atoms with E-state index in [1.807, 2.05) is 42.2 Å².